The van der Waals surface area contributed by atoms with Crippen molar-refractivity contribution >= 4 is 11.8 Å². The number of anilines is 1. The lowest BCUT2D eigenvalue weighted by Gasteiger charge is -2.13. The summed E-state index contributed by atoms with van der Waals surface area (Å²) >= 11 is 0. The van der Waals surface area contributed by atoms with E-state index in [9.17, 15) is 10.1 Å². The minimum atomic E-state index is -0.760. The van der Waals surface area contributed by atoms with Gasteiger partial charge in [-0.15, -0.1) is 0 Å². The fourth-order valence-corrected chi connectivity index (χ4v) is 2.58. The predicted molar refractivity (Wildman–Crippen MR) is 97.8 cm³/mol. The van der Waals surface area contributed by atoms with Crippen molar-refractivity contribution in [2.24, 2.45) is 5.73 Å². The number of amides is 2. The Labute approximate surface area is 145 Å². The van der Waals surface area contributed by atoms with E-state index in [-0.39, 0.29) is 11.4 Å². The number of nitrogens with one attached hydrogen (secondary N) is 1. The Morgan fingerprint density at radius 3 is 2.36 bits per heavy atom. The third-order valence-electron chi connectivity index (χ3n) is 3.80. The Morgan fingerprint density at radius 2 is 1.76 bits per heavy atom. The second kappa shape index (κ2) is 6.85. The van der Waals surface area contributed by atoms with Crippen LogP contribution < -0.4 is 11.1 Å². The van der Waals surface area contributed by atoms with Crippen LogP contribution in [0.5, 0.6) is 0 Å². The number of nitrogens with two attached hydrogens (primary N) is 1. The molecule has 1 heterocycles. The Hall–Kier alpha value is -3.65. The standard InChI is InChI=1S/C20H16N4O/c1-13-7-9-15(10-8-13)18-11-16(14-5-3-2-4-6-14)17(12-21)19(23-18)24-20(22)25/h2-11H,1H3,(H3,22,23,24,25). The van der Waals surface area contributed by atoms with Gasteiger partial charge in [0.25, 0.3) is 0 Å². The summed E-state index contributed by atoms with van der Waals surface area (Å²) < 4.78 is 0. The summed E-state index contributed by atoms with van der Waals surface area (Å²) in [6.07, 6.45) is 0. The lowest BCUT2D eigenvalue weighted by Crippen LogP contribution is -2.21. The van der Waals surface area contributed by atoms with Crippen LogP contribution in [0.15, 0.2) is 60.7 Å². The molecule has 0 saturated carbocycles. The zero-order chi connectivity index (χ0) is 17.8. The number of rotatable bonds is 3. The van der Waals surface area contributed by atoms with Crippen LogP contribution in [0, 0.1) is 18.3 Å². The van der Waals surface area contributed by atoms with Gasteiger partial charge in [-0.2, -0.15) is 5.26 Å². The van der Waals surface area contributed by atoms with E-state index >= 15 is 0 Å². The molecule has 0 saturated heterocycles. The molecule has 2 amide bonds. The molecule has 1 aromatic heterocycles. The van der Waals surface area contributed by atoms with Gasteiger partial charge in [0.1, 0.15) is 11.6 Å². The number of hydrogen-bond acceptors (Lipinski definition) is 3. The number of aromatic nitrogens is 1. The summed E-state index contributed by atoms with van der Waals surface area (Å²) in [5.74, 6) is 0.159. The SMILES string of the molecule is Cc1ccc(-c2cc(-c3ccccc3)c(C#N)c(NC(N)=O)n2)cc1. The second-order valence-electron chi connectivity index (χ2n) is 5.61. The molecular weight excluding hydrogens is 312 g/mol. The van der Waals surface area contributed by atoms with Crippen molar-refractivity contribution in [3.63, 3.8) is 0 Å². The molecule has 0 aliphatic carbocycles. The normalized spacial score (nSPS) is 10.1. The smallest absolute Gasteiger partial charge is 0.317 e. The van der Waals surface area contributed by atoms with Crippen LogP contribution in [0.1, 0.15) is 11.1 Å². The van der Waals surface area contributed by atoms with Gasteiger partial charge in [-0.1, -0.05) is 60.2 Å². The molecule has 3 aromatic rings. The topological polar surface area (TPSA) is 91.8 Å². The van der Waals surface area contributed by atoms with E-state index in [1.807, 2.05) is 67.6 Å². The number of urea groups is 1. The van der Waals surface area contributed by atoms with Crippen LogP contribution in [0.4, 0.5) is 10.6 Å². The third kappa shape index (κ3) is 3.48. The highest BCUT2D eigenvalue weighted by Gasteiger charge is 2.16. The fraction of sp³-hybridized carbons (Fsp3) is 0.0500. The van der Waals surface area contributed by atoms with Crippen LogP contribution in [0.25, 0.3) is 22.4 Å². The molecule has 0 fully saturated rings. The van der Waals surface area contributed by atoms with E-state index in [4.69, 9.17) is 5.73 Å². The number of primary amides is 1. The highest BCUT2D eigenvalue weighted by atomic mass is 16.2. The molecule has 0 aliphatic rings. The summed E-state index contributed by atoms with van der Waals surface area (Å²) in [4.78, 5) is 15.8. The van der Waals surface area contributed by atoms with Gasteiger partial charge in [-0.3, -0.25) is 5.32 Å². The molecule has 25 heavy (non-hydrogen) atoms. The Balaban J connectivity index is 2.25. The first-order valence-corrected chi connectivity index (χ1v) is 7.72. The zero-order valence-electron chi connectivity index (χ0n) is 13.7. The Bertz CT molecular complexity index is 957. The summed E-state index contributed by atoms with van der Waals surface area (Å²) in [6, 6.07) is 20.6. The van der Waals surface area contributed by atoms with Crippen LogP contribution in [0.3, 0.4) is 0 Å². The molecule has 5 heteroatoms. The minimum absolute atomic E-state index is 0.159. The van der Waals surface area contributed by atoms with Crippen molar-refractivity contribution in [2.45, 2.75) is 6.92 Å². The predicted octanol–water partition coefficient (Wildman–Crippen LogP) is 4.09. The number of carbonyl (C=O) groups excluding carboxylic acids is 1. The van der Waals surface area contributed by atoms with Crippen LogP contribution in [0.2, 0.25) is 0 Å². The average Bonchev–Trinajstić information content (AvgIpc) is 2.62. The van der Waals surface area contributed by atoms with Gasteiger partial charge in [-0.05, 0) is 18.6 Å². The molecule has 122 valence electrons. The first-order valence-electron chi connectivity index (χ1n) is 7.72. The Morgan fingerprint density at radius 1 is 1.08 bits per heavy atom. The fourth-order valence-electron chi connectivity index (χ4n) is 2.58. The second-order valence-corrected chi connectivity index (χ2v) is 5.61. The van der Waals surface area contributed by atoms with Gasteiger partial charge in [0.15, 0.2) is 5.82 Å². The number of nitriles is 1. The molecule has 2 aromatic carbocycles. The lowest BCUT2D eigenvalue weighted by atomic mass is 9.98. The number of hydrogen-bond donors (Lipinski definition) is 2. The maximum Gasteiger partial charge on any atom is 0.317 e. The van der Waals surface area contributed by atoms with E-state index in [1.54, 1.807) is 0 Å². The van der Waals surface area contributed by atoms with Crippen molar-refractivity contribution < 1.29 is 4.79 Å². The van der Waals surface area contributed by atoms with Crippen molar-refractivity contribution in [3.8, 4) is 28.5 Å². The molecule has 0 bridgehead atoms. The van der Waals surface area contributed by atoms with Gasteiger partial charge in [0, 0.05) is 11.1 Å². The quantitative estimate of drug-likeness (QED) is 0.758. The molecule has 0 unspecified atom stereocenters. The van der Waals surface area contributed by atoms with Crippen LogP contribution >= 0.6 is 0 Å². The summed E-state index contributed by atoms with van der Waals surface area (Å²) in [5, 5.41) is 12.1. The summed E-state index contributed by atoms with van der Waals surface area (Å²) in [6.45, 7) is 2.01. The molecule has 0 atom stereocenters. The first-order chi connectivity index (χ1) is 12.1. The summed E-state index contributed by atoms with van der Waals surface area (Å²) in [5.41, 5.74) is 9.76. The molecule has 0 aliphatic heterocycles. The van der Waals surface area contributed by atoms with Crippen molar-refractivity contribution in [1.82, 2.24) is 4.98 Å². The van der Waals surface area contributed by atoms with Gasteiger partial charge < -0.3 is 5.73 Å². The Kier molecular flexibility index (Phi) is 4.44. The minimum Gasteiger partial charge on any atom is -0.351 e. The maximum atomic E-state index is 11.3. The van der Waals surface area contributed by atoms with Gasteiger partial charge >= 0.3 is 6.03 Å². The maximum absolute atomic E-state index is 11.3. The number of aryl methyl sites for hydroxylation is 1. The van der Waals surface area contributed by atoms with Gasteiger partial charge in [0.2, 0.25) is 0 Å². The average molecular weight is 328 g/mol. The summed E-state index contributed by atoms with van der Waals surface area (Å²) in [7, 11) is 0. The van der Waals surface area contributed by atoms with E-state index in [1.165, 1.54) is 0 Å². The monoisotopic (exact) mass is 328 g/mol. The van der Waals surface area contributed by atoms with E-state index in [0.717, 1.165) is 16.7 Å². The van der Waals surface area contributed by atoms with E-state index in [0.29, 0.717) is 11.3 Å². The number of pyridine rings is 1. The molecule has 0 radical (unpaired) electrons. The highest BCUT2D eigenvalue weighted by Crippen LogP contribution is 2.32. The first kappa shape index (κ1) is 16.2. The van der Waals surface area contributed by atoms with Crippen molar-refractivity contribution in [3.05, 3.63) is 71.8 Å². The number of carbonyl (C=O) groups is 1. The third-order valence-corrected chi connectivity index (χ3v) is 3.80. The molecular formula is C20H16N4O. The van der Waals surface area contributed by atoms with E-state index < -0.39 is 6.03 Å². The lowest BCUT2D eigenvalue weighted by molar-refractivity contribution is 0.259. The molecule has 3 rings (SSSR count). The van der Waals surface area contributed by atoms with E-state index in [2.05, 4.69) is 16.4 Å². The molecule has 3 N–H and O–H groups in total. The highest BCUT2D eigenvalue weighted by molar-refractivity contribution is 5.91. The van der Waals surface area contributed by atoms with Gasteiger partial charge in [-0.25, -0.2) is 9.78 Å². The number of benzene rings is 2. The van der Waals surface area contributed by atoms with Gasteiger partial charge in [0.05, 0.1) is 5.69 Å². The van der Waals surface area contributed by atoms with Crippen molar-refractivity contribution in [1.29, 1.82) is 5.26 Å². The zero-order valence-corrected chi connectivity index (χ0v) is 13.7. The van der Waals surface area contributed by atoms with Crippen molar-refractivity contribution in [2.75, 3.05) is 5.32 Å². The molecule has 5 nitrogen and oxygen atoms in total. The largest absolute Gasteiger partial charge is 0.351 e. The van der Waals surface area contributed by atoms with Crippen LogP contribution in [-0.2, 0) is 0 Å². The van der Waals surface area contributed by atoms with Crippen LogP contribution in [-0.4, -0.2) is 11.0 Å². The number of nitrogens with zero attached hydrogens (tertiary/aromatic N) is 2. The molecule has 0 spiro atoms.